The van der Waals surface area contributed by atoms with Gasteiger partial charge < -0.3 is 9.64 Å². The van der Waals surface area contributed by atoms with Gasteiger partial charge in [-0.3, -0.25) is 14.3 Å². The second-order valence-corrected chi connectivity index (χ2v) is 9.58. The van der Waals surface area contributed by atoms with Gasteiger partial charge in [0.2, 0.25) is 5.91 Å². The Hall–Kier alpha value is -3.62. The molecule has 0 N–H and O–H groups in total. The molecule has 0 saturated carbocycles. The van der Waals surface area contributed by atoms with Gasteiger partial charge in [-0.25, -0.2) is 0 Å². The van der Waals surface area contributed by atoms with Crippen molar-refractivity contribution in [2.45, 2.75) is 11.7 Å². The number of nitrogens with zero attached hydrogens (tertiary/aromatic N) is 5. The van der Waals surface area contributed by atoms with Crippen LogP contribution in [0.1, 0.15) is 5.56 Å². The lowest BCUT2D eigenvalue weighted by Gasteiger charge is -2.34. The molecule has 3 aromatic carbocycles. The number of para-hydroxylation sites is 1. The van der Waals surface area contributed by atoms with E-state index in [2.05, 4.69) is 27.2 Å². The van der Waals surface area contributed by atoms with Crippen molar-refractivity contribution in [2.75, 3.05) is 39.0 Å². The monoisotopic (exact) mass is 499 g/mol. The van der Waals surface area contributed by atoms with Gasteiger partial charge in [0.25, 0.3) is 0 Å². The molecule has 0 radical (unpaired) electrons. The Morgan fingerprint density at radius 2 is 1.53 bits per heavy atom. The predicted molar refractivity (Wildman–Crippen MR) is 142 cm³/mol. The highest BCUT2D eigenvalue weighted by atomic mass is 32.2. The number of ether oxygens (including phenoxy) is 1. The number of benzene rings is 3. The van der Waals surface area contributed by atoms with Gasteiger partial charge in [-0.05, 0) is 29.8 Å². The molecule has 0 bridgehead atoms. The van der Waals surface area contributed by atoms with Crippen LogP contribution in [0, 0.1) is 0 Å². The highest BCUT2D eigenvalue weighted by molar-refractivity contribution is 7.99. The number of amides is 1. The van der Waals surface area contributed by atoms with Crippen molar-refractivity contribution in [3.8, 4) is 22.8 Å². The average Bonchev–Trinajstić information content (AvgIpc) is 3.37. The predicted octanol–water partition coefficient (Wildman–Crippen LogP) is 4.38. The van der Waals surface area contributed by atoms with E-state index >= 15 is 0 Å². The fourth-order valence-corrected chi connectivity index (χ4v) is 5.16. The van der Waals surface area contributed by atoms with Crippen molar-refractivity contribution in [1.82, 2.24) is 24.6 Å². The van der Waals surface area contributed by atoms with Crippen LogP contribution in [0.2, 0.25) is 0 Å². The molecule has 7 nitrogen and oxygen atoms in total. The molecule has 36 heavy (non-hydrogen) atoms. The molecule has 1 fully saturated rings. The largest absolute Gasteiger partial charge is 0.497 e. The number of thioether (sulfide) groups is 1. The van der Waals surface area contributed by atoms with Gasteiger partial charge in [-0.15, -0.1) is 10.2 Å². The summed E-state index contributed by atoms with van der Waals surface area (Å²) in [6.45, 7) is 4.07. The van der Waals surface area contributed by atoms with Crippen LogP contribution in [-0.2, 0) is 11.3 Å². The van der Waals surface area contributed by atoms with E-state index in [1.54, 1.807) is 7.11 Å². The minimum absolute atomic E-state index is 0.132. The first-order valence-electron chi connectivity index (χ1n) is 12.0. The number of piperazine rings is 1. The molecule has 1 aromatic heterocycles. The molecule has 0 spiro atoms. The first-order chi connectivity index (χ1) is 17.7. The van der Waals surface area contributed by atoms with E-state index in [0.717, 1.165) is 55.5 Å². The van der Waals surface area contributed by atoms with Gasteiger partial charge in [-0.2, -0.15) is 0 Å². The van der Waals surface area contributed by atoms with Gasteiger partial charge in [0.15, 0.2) is 11.0 Å². The molecule has 184 valence electrons. The van der Waals surface area contributed by atoms with Crippen molar-refractivity contribution < 1.29 is 9.53 Å². The normalized spacial score (nSPS) is 14.1. The van der Waals surface area contributed by atoms with Gasteiger partial charge in [-0.1, -0.05) is 72.4 Å². The van der Waals surface area contributed by atoms with Crippen LogP contribution >= 0.6 is 11.8 Å². The maximum atomic E-state index is 13.0. The second kappa shape index (κ2) is 11.4. The summed E-state index contributed by atoms with van der Waals surface area (Å²) in [4.78, 5) is 17.4. The molecule has 4 aromatic rings. The van der Waals surface area contributed by atoms with Crippen LogP contribution in [0.5, 0.6) is 5.75 Å². The van der Waals surface area contributed by atoms with Crippen molar-refractivity contribution in [1.29, 1.82) is 0 Å². The maximum absolute atomic E-state index is 13.0. The minimum atomic E-state index is 0.132. The first-order valence-corrected chi connectivity index (χ1v) is 13.0. The molecule has 1 saturated heterocycles. The summed E-state index contributed by atoms with van der Waals surface area (Å²) in [5, 5.41) is 9.63. The van der Waals surface area contributed by atoms with Gasteiger partial charge >= 0.3 is 0 Å². The van der Waals surface area contributed by atoms with E-state index in [1.165, 1.54) is 17.3 Å². The Morgan fingerprint density at radius 3 is 2.19 bits per heavy atom. The Kier molecular flexibility index (Phi) is 7.64. The molecule has 1 aliphatic heterocycles. The van der Waals surface area contributed by atoms with Crippen LogP contribution in [0.3, 0.4) is 0 Å². The third-order valence-electron chi connectivity index (χ3n) is 6.29. The summed E-state index contributed by atoms with van der Waals surface area (Å²) in [7, 11) is 1.68. The number of carbonyl (C=O) groups excluding carboxylic acids is 1. The van der Waals surface area contributed by atoms with Gasteiger partial charge in [0.05, 0.1) is 12.9 Å². The van der Waals surface area contributed by atoms with Crippen molar-refractivity contribution in [3.05, 3.63) is 90.5 Å². The molecular weight excluding hydrogens is 470 g/mol. The zero-order chi connectivity index (χ0) is 24.7. The van der Waals surface area contributed by atoms with Crippen LogP contribution < -0.4 is 4.74 Å². The van der Waals surface area contributed by atoms with Crippen molar-refractivity contribution in [2.24, 2.45) is 0 Å². The van der Waals surface area contributed by atoms with Gasteiger partial charge in [0.1, 0.15) is 5.75 Å². The second-order valence-electron chi connectivity index (χ2n) is 8.64. The summed E-state index contributed by atoms with van der Waals surface area (Å²) < 4.78 is 7.27. The van der Waals surface area contributed by atoms with E-state index in [0.29, 0.717) is 10.9 Å². The zero-order valence-corrected chi connectivity index (χ0v) is 21.1. The molecule has 0 atom stereocenters. The Labute approximate surface area is 215 Å². The van der Waals surface area contributed by atoms with Crippen molar-refractivity contribution in [3.63, 3.8) is 0 Å². The lowest BCUT2D eigenvalue weighted by atomic mass is 10.2. The molecule has 0 unspecified atom stereocenters. The van der Waals surface area contributed by atoms with Crippen molar-refractivity contribution >= 4 is 17.7 Å². The summed E-state index contributed by atoms with van der Waals surface area (Å²) in [5.41, 5.74) is 3.21. The van der Waals surface area contributed by atoms with E-state index in [1.807, 2.05) is 82.3 Å². The topological polar surface area (TPSA) is 63.5 Å². The Bertz CT molecular complexity index is 1270. The molecule has 1 aliphatic rings. The Morgan fingerprint density at radius 1 is 0.861 bits per heavy atom. The maximum Gasteiger partial charge on any atom is 0.233 e. The summed E-state index contributed by atoms with van der Waals surface area (Å²) in [6.07, 6.45) is 0. The summed E-state index contributed by atoms with van der Waals surface area (Å²) in [6, 6.07) is 28.2. The number of carbonyl (C=O) groups is 1. The quantitative estimate of drug-likeness (QED) is 0.335. The lowest BCUT2D eigenvalue weighted by molar-refractivity contribution is -0.130. The highest BCUT2D eigenvalue weighted by Gasteiger charge is 2.23. The molecule has 0 aliphatic carbocycles. The van der Waals surface area contributed by atoms with Gasteiger partial charge in [0, 0.05) is 44.0 Å². The number of rotatable bonds is 8. The Balaban J connectivity index is 1.21. The standard InChI is InChI=1S/C28H29N5O2S/c1-35-25-14-12-22(13-15-25)20-31-16-18-32(19-17-31)26(34)21-36-28-30-29-27(23-8-4-2-5-9-23)33(28)24-10-6-3-7-11-24/h2-15H,16-21H2,1H3. The minimum Gasteiger partial charge on any atom is -0.497 e. The lowest BCUT2D eigenvalue weighted by Crippen LogP contribution is -2.48. The van der Waals surface area contributed by atoms with Crippen LogP contribution in [0.25, 0.3) is 17.1 Å². The van der Waals surface area contributed by atoms with E-state index in [4.69, 9.17) is 4.74 Å². The van der Waals surface area contributed by atoms with E-state index in [9.17, 15) is 4.79 Å². The summed E-state index contributed by atoms with van der Waals surface area (Å²) >= 11 is 1.44. The van der Waals surface area contributed by atoms with Crippen LogP contribution in [-0.4, -0.2) is 69.5 Å². The first kappa shape index (κ1) is 24.1. The fourth-order valence-electron chi connectivity index (χ4n) is 4.31. The molecule has 2 heterocycles. The van der Waals surface area contributed by atoms with E-state index < -0.39 is 0 Å². The SMILES string of the molecule is COc1ccc(CN2CCN(C(=O)CSc3nnc(-c4ccccc4)n3-c3ccccc3)CC2)cc1. The number of methoxy groups -OCH3 is 1. The molecule has 1 amide bonds. The molecule has 5 rings (SSSR count). The number of hydrogen-bond donors (Lipinski definition) is 0. The van der Waals surface area contributed by atoms with Crippen LogP contribution in [0.4, 0.5) is 0 Å². The smallest absolute Gasteiger partial charge is 0.233 e. The molecule has 8 heteroatoms. The number of aromatic nitrogens is 3. The number of hydrogen-bond acceptors (Lipinski definition) is 6. The third kappa shape index (κ3) is 5.61. The van der Waals surface area contributed by atoms with Crippen LogP contribution in [0.15, 0.2) is 90.1 Å². The van der Waals surface area contributed by atoms with E-state index in [-0.39, 0.29) is 5.91 Å². The zero-order valence-electron chi connectivity index (χ0n) is 20.3. The third-order valence-corrected chi connectivity index (χ3v) is 7.21. The highest BCUT2D eigenvalue weighted by Crippen LogP contribution is 2.28. The fraction of sp³-hybridized carbons (Fsp3) is 0.250. The molecular formula is C28H29N5O2S. The summed E-state index contributed by atoms with van der Waals surface area (Å²) in [5.74, 6) is 2.10. The average molecular weight is 500 g/mol.